The number of benzene rings is 3. The highest BCUT2D eigenvalue weighted by Gasteiger charge is 2.11. The summed E-state index contributed by atoms with van der Waals surface area (Å²) in [6, 6.07) is 21.5. The summed E-state index contributed by atoms with van der Waals surface area (Å²) in [5.41, 5.74) is 3.50. The average Bonchev–Trinajstić information content (AvgIpc) is 3.25. The lowest BCUT2D eigenvalue weighted by Gasteiger charge is -2.10. The molecule has 0 spiro atoms. The maximum Gasteiger partial charge on any atom is 0.274 e. The van der Waals surface area contributed by atoms with E-state index in [-0.39, 0.29) is 5.56 Å². The van der Waals surface area contributed by atoms with Crippen LogP contribution in [0.2, 0.25) is 0 Å². The van der Waals surface area contributed by atoms with Crippen molar-refractivity contribution in [3.63, 3.8) is 0 Å². The summed E-state index contributed by atoms with van der Waals surface area (Å²) < 4.78 is 10.3. The van der Waals surface area contributed by atoms with Crippen molar-refractivity contribution >= 4 is 65.3 Å². The summed E-state index contributed by atoms with van der Waals surface area (Å²) in [4.78, 5) is 18.3. The number of ether oxygens (including phenoxy) is 1. The zero-order chi connectivity index (χ0) is 20.7. The SMILES string of the molecule is O=c1/c(=C/c2cc(Br)ccc2OCc2ccc(Br)cc2)sc2nc3ccccc3n12. The molecule has 0 amide bonds. The van der Waals surface area contributed by atoms with Crippen molar-refractivity contribution in [3.05, 3.63) is 102 Å². The van der Waals surface area contributed by atoms with Crippen molar-refractivity contribution in [1.82, 2.24) is 9.38 Å². The van der Waals surface area contributed by atoms with Crippen molar-refractivity contribution in [2.24, 2.45) is 0 Å². The maximum absolute atomic E-state index is 13.1. The lowest BCUT2D eigenvalue weighted by molar-refractivity contribution is 0.305. The first-order valence-electron chi connectivity index (χ1n) is 9.17. The minimum absolute atomic E-state index is 0.0671. The molecule has 148 valence electrons. The molecule has 4 nitrogen and oxygen atoms in total. The molecule has 7 heteroatoms. The van der Waals surface area contributed by atoms with Gasteiger partial charge in [0, 0.05) is 14.5 Å². The van der Waals surface area contributed by atoms with E-state index in [2.05, 4.69) is 36.8 Å². The van der Waals surface area contributed by atoms with Crippen LogP contribution in [0.5, 0.6) is 5.75 Å². The third kappa shape index (κ3) is 3.69. The van der Waals surface area contributed by atoms with Gasteiger partial charge in [0.05, 0.1) is 15.6 Å². The summed E-state index contributed by atoms with van der Waals surface area (Å²) in [6.45, 7) is 0.443. The summed E-state index contributed by atoms with van der Waals surface area (Å²) in [6.07, 6.45) is 1.87. The van der Waals surface area contributed by atoms with E-state index in [1.165, 1.54) is 11.3 Å². The zero-order valence-corrected chi connectivity index (χ0v) is 19.5. The minimum Gasteiger partial charge on any atom is -0.488 e. The van der Waals surface area contributed by atoms with Crippen molar-refractivity contribution in [3.8, 4) is 5.75 Å². The van der Waals surface area contributed by atoms with Crippen molar-refractivity contribution < 1.29 is 4.74 Å². The number of thiazole rings is 1. The number of halogens is 2. The number of nitrogens with zero attached hydrogens (tertiary/aromatic N) is 2. The molecule has 3 aromatic carbocycles. The van der Waals surface area contributed by atoms with E-state index in [1.54, 1.807) is 4.40 Å². The number of fused-ring (bicyclic) bond motifs is 3. The largest absolute Gasteiger partial charge is 0.488 e. The van der Waals surface area contributed by atoms with Crippen molar-refractivity contribution in [2.45, 2.75) is 6.61 Å². The molecule has 0 fully saturated rings. The maximum atomic E-state index is 13.1. The first-order chi connectivity index (χ1) is 14.6. The van der Waals surface area contributed by atoms with Gasteiger partial charge in [0.15, 0.2) is 4.96 Å². The van der Waals surface area contributed by atoms with Crippen LogP contribution in [0.4, 0.5) is 0 Å². The molecule has 0 atom stereocenters. The molecule has 0 radical (unpaired) electrons. The fraction of sp³-hybridized carbons (Fsp3) is 0.0435. The van der Waals surface area contributed by atoms with Gasteiger partial charge < -0.3 is 4.74 Å². The Hall–Kier alpha value is -2.48. The van der Waals surface area contributed by atoms with Crippen LogP contribution in [-0.4, -0.2) is 9.38 Å². The number of imidazole rings is 1. The normalized spacial score (nSPS) is 12.1. The molecule has 2 heterocycles. The fourth-order valence-electron chi connectivity index (χ4n) is 3.26. The molecule has 0 unspecified atom stereocenters. The molecule has 0 aliphatic heterocycles. The second kappa shape index (κ2) is 7.98. The van der Waals surface area contributed by atoms with Crippen LogP contribution in [0, 0.1) is 0 Å². The average molecular weight is 542 g/mol. The van der Waals surface area contributed by atoms with Gasteiger partial charge in [-0.25, -0.2) is 9.38 Å². The Morgan fingerprint density at radius 3 is 2.60 bits per heavy atom. The number of rotatable bonds is 4. The fourth-order valence-corrected chi connectivity index (χ4v) is 4.88. The van der Waals surface area contributed by atoms with E-state index in [0.29, 0.717) is 16.1 Å². The summed E-state index contributed by atoms with van der Waals surface area (Å²) >= 11 is 8.35. The van der Waals surface area contributed by atoms with Crippen LogP contribution >= 0.6 is 43.2 Å². The van der Waals surface area contributed by atoms with Crippen LogP contribution in [0.25, 0.3) is 22.1 Å². The Kier molecular flexibility index (Phi) is 5.18. The Balaban J connectivity index is 1.56. The van der Waals surface area contributed by atoms with E-state index >= 15 is 0 Å². The van der Waals surface area contributed by atoms with Crippen molar-refractivity contribution in [1.29, 1.82) is 0 Å². The second-order valence-electron chi connectivity index (χ2n) is 6.73. The molecule has 30 heavy (non-hydrogen) atoms. The van der Waals surface area contributed by atoms with Gasteiger partial charge in [0.2, 0.25) is 0 Å². The first kappa shape index (κ1) is 19.5. The highest BCUT2D eigenvalue weighted by atomic mass is 79.9. The van der Waals surface area contributed by atoms with Gasteiger partial charge in [-0.2, -0.15) is 0 Å². The standard InChI is InChI=1S/C23H14Br2N2O2S/c24-16-7-5-14(6-8-16)13-29-20-10-9-17(25)11-15(20)12-21-22(28)27-19-4-2-1-3-18(19)26-23(27)30-21/h1-12H,13H2/b21-12-. The molecule has 0 aliphatic rings. The second-order valence-corrected chi connectivity index (χ2v) is 9.57. The van der Waals surface area contributed by atoms with Gasteiger partial charge in [-0.05, 0) is 54.1 Å². The molecule has 5 aromatic rings. The molecule has 0 saturated heterocycles. The third-order valence-electron chi connectivity index (χ3n) is 4.71. The molecule has 0 saturated carbocycles. The van der Waals surface area contributed by atoms with E-state index < -0.39 is 0 Å². The first-order valence-corrected chi connectivity index (χ1v) is 11.6. The summed E-state index contributed by atoms with van der Waals surface area (Å²) in [5.74, 6) is 0.719. The molecular formula is C23H14Br2N2O2S. The van der Waals surface area contributed by atoms with Gasteiger partial charge in [0.1, 0.15) is 12.4 Å². The summed E-state index contributed by atoms with van der Waals surface area (Å²) in [7, 11) is 0. The van der Waals surface area contributed by atoms with E-state index in [1.807, 2.05) is 72.8 Å². The Labute approximate surface area is 192 Å². The molecule has 0 N–H and O–H groups in total. The van der Waals surface area contributed by atoms with E-state index in [0.717, 1.165) is 36.9 Å². The number of hydrogen-bond donors (Lipinski definition) is 0. The molecule has 2 aromatic heterocycles. The number of hydrogen-bond acceptors (Lipinski definition) is 4. The molecule has 0 bridgehead atoms. The van der Waals surface area contributed by atoms with Gasteiger partial charge >= 0.3 is 0 Å². The van der Waals surface area contributed by atoms with E-state index in [4.69, 9.17) is 4.74 Å². The number of para-hydroxylation sites is 2. The van der Waals surface area contributed by atoms with Crippen LogP contribution in [0.15, 0.2) is 80.5 Å². The third-order valence-corrected chi connectivity index (χ3v) is 6.70. The van der Waals surface area contributed by atoms with Crippen LogP contribution in [-0.2, 0) is 6.61 Å². The van der Waals surface area contributed by atoms with Crippen LogP contribution in [0.3, 0.4) is 0 Å². The predicted octanol–water partition coefficient (Wildman–Crippen LogP) is 5.56. The monoisotopic (exact) mass is 540 g/mol. The minimum atomic E-state index is -0.0671. The zero-order valence-electron chi connectivity index (χ0n) is 15.5. The molecule has 0 aliphatic carbocycles. The Morgan fingerprint density at radius 1 is 1.00 bits per heavy atom. The van der Waals surface area contributed by atoms with Gasteiger partial charge in [-0.15, -0.1) is 0 Å². The van der Waals surface area contributed by atoms with Crippen molar-refractivity contribution in [2.75, 3.05) is 0 Å². The molecule has 5 rings (SSSR count). The summed E-state index contributed by atoms with van der Waals surface area (Å²) in [5, 5.41) is 0. The van der Waals surface area contributed by atoms with Gasteiger partial charge in [-0.3, -0.25) is 4.79 Å². The Morgan fingerprint density at radius 2 is 1.77 bits per heavy atom. The smallest absolute Gasteiger partial charge is 0.274 e. The topological polar surface area (TPSA) is 43.6 Å². The Bertz CT molecular complexity index is 1490. The van der Waals surface area contributed by atoms with Gasteiger partial charge in [0.25, 0.3) is 5.56 Å². The van der Waals surface area contributed by atoms with Crippen LogP contribution in [0.1, 0.15) is 11.1 Å². The lowest BCUT2D eigenvalue weighted by atomic mass is 10.2. The quantitative estimate of drug-likeness (QED) is 0.299. The lowest BCUT2D eigenvalue weighted by Crippen LogP contribution is -2.22. The highest BCUT2D eigenvalue weighted by Crippen LogP contribution is 2.25. The molecular weight excluding hydrogens is 528 g/mol. The number of aromatic nitrogens is 2. The van der Waals surface area contributed by atoms with Crippen LogP contribution < -0.4 is 14.8 Å². The van der Waals surface area contributed by atoms with Gasteiger partial charge in [-0.1, -0.05) is 67.5 Å². The predicted molar refractivity (Wildman–Crippen MR) is 128 cm³/mol. The van der Waals surface area contributed by atoms with E-state index in [9.17, 15) is 4.79 Å². The highest BCUT2D eigenvalue weighted by molar-refractivity contribution is 9.10.